The highest BCUT2D eigenvalue weighted by molar-refractivity contribution is 5.94. The van der Waals surface area contributed by atoms with E-state index in [4.69, 9.17) is 19.9 Å². The van der Waals surface area contributed by atoms with Crippen molar-refractivity contribution < 1.29 is 28.6 Å². The summed E-state index contributed by atoms with van der Waals surface area (Å²) >= 11 is 0. The second kappa shape index (κ2) is 6.98. The standard InChI is InChI=1S/C12H14N2O6/c1-18-8-3-7(5-15)4-9(19-2)11(8)20-6-10(16)14-12(13)17/h3-5H,6H2,1-2H3,(H3,13,14,16,17). The molecule has 0 saturated carbocycles. The minimum atomic E-state index is -0.978. The van der Waals surface area contributed by atoms with Gasteiger partial charge in [0.1, 0.15) is 6.29 Å². The minimum Gasteiger partial charge on any atom is -0.493 e. The highest BCUT2D eigenvalue weighted by atomic mass is 16.5. The molecule has 8 nitrogen and oxygen atoms in total. The minimum absolute atomic E-state index is 0.139. The molecular formula is C12H14N2O6. The number of hydrogen-bond acceptors (Lipinski definition) is 6. The Morgan fingerprint density at radius 3 is 2.20 bits per heavy atom. The Balaban J connectivity index is 2.95. The van der Waals surface area contributed by atoms with Gasteiger partial charge in [-0.2, -0.15) is 0 Å². The van der Waals surface area contributed by atoms with Crippen LogP contribution in [0, 0.1) is 0 Å². The van der Waals surface area contributed by atoms with Crippen LogP contribution in [0.3, 0.4) is 0 Å². The average molecular weight is 282 g/mol. The Hall–Kier alpha value is -2.77. The number of primary amides is 1. The molecule has 1 rings (SSSR count). The first-order valence-electron chi connectivity index (χ1n) is 5.45. The van der Waals surface area contributed by atoms with Crippen molar-refractivity contribution in [2.45, 2.75) is 0 Å². The van der Waals surface area contributed by atoms with Crippen molar-refractivity contribution in [2.75, 3.05) is 20.8 Å². The van der Waals surface area contributed by atoms with Crippen molar-refractivity contribution in [3.05, 3.63) is 17.7 Å². The van der Waals surface area contributed by atoms with Crippen LogP contribution >= 0.6 is 0 Å². The molecule has 3 N–H and O–H groups in total. The Kier molecular flexibility index (Phi) is 5.33. The molecule has 108 valence electrons. The smallest absolute Gasteiger partial charge is 0.318 e. The quantitative estimate of drug-likeness (QED) is 0.714. The fourth-order valence-electron chi connectivity index (χ4n) is 1.42. The number of amides is 3. The second-order valence-electron chi connectivity index (χ2n) is 3.57. The van der Waals surface area contributed by atoms with E-state index in [1.807, 2.05) is 5.32 Å². The monoisotopic (exact) mass is 282 g/mol. The van der Waals surface area contributed by atoms with Gasteiger partial charge in [0.2, 0.25) is 5.75 Å². The summed E-state index contributed by atoms with van der Waals surface area (Å²) in [6.07, 6.45) is 0.620. The highest BCUT2D eigenvalue weighted by Gasteiger charge is 2.16. The molecule has 0 aliphatic rings. The van der Waals surface area contributed by atoms with Crippen LogP contribution in [0.15, 0.2) is 12.1 Å². The summed E-state index contributed by atoms with van der Waals surface area (Å²) < 4.78 is 15.3. The zero-order valence-electron chi connectivity index (χ0n) is 11.0. The van der Waals surface area contributed by atoms with E-state index in [0.717, 1.165) is 0 Å². The molecular weight excluding hydrogens is 268 g/mol. The molecule has 0 spiro atoms. The van der Waals surface area contributed by atoms with Gasteiger partial charge in [0.15, 0.2) is 18.1 Å². The van der Waals surface area contributed by atoms with Gasteiger partial charge in [-0.25, -0.2) is 4.79 Å². The Labute approximate surface area is 114 Å². The molecule has 3 amide bonds. The van der Waals surface area contributed by atoms with Gasteiger partial charge in [0, 0.05) is 5.56 Å². The molecule has 8 heteroatoms. The van der Waals surface area contributed by atoms with Crippen molar-refractivity contribution in [1.29, 1.82) is 0 Å². The Morgan fingerprint density at radius 2 is 1.80 bits per heavy atom. The van der Waals surface area contributed by atoms with Crippen molar-refractivity contribution >= 4 is 18.2 Å². The fourth-order valence-corrected chi connectivity index (χ4v) is 1.42. The van der Waals surface area contributed by atoms with Crippen LogP contribution in [0.1, 0.15) is 10.4 Å². The number of nitrogens with two attached hydrogens (primary N) is 1. The number of aldehydes is 1. The highest BCUT2D eigenvalue weighted by Crippen LogP contribution is 2.38. The zero-order chi connectivity index (χ0) is 15.1. The number of imide groups is 1. The van der Waals surface area contributed by atoms with Crippen LogP contribution in [0.25, 0.3) is 0 Å². The zero-order valence-corrected chi connectivity index (χ0v) is 11.0. The lowest BCUT2D eigenvalue weighted by molar-refractivity contribution is -0.121. The van der Waals surface area contributed by atoms with Gasteiger partial charge >= 0.3 is 6.03 Å². The molecule has 0 bridgehead atoms. The number of urea groups is 1. The maximum absolute atomic E-state index is 11.3. The number of ether oxygens (including phenoxy) is 3. The van der Waals surface area contributed by atoms with Crippen molar-refractivity contribution in [3.63, 3.8) is 0 Å². The topological polar surface area (TPSA) is 117 Å². The Bertz CT molecular complexity index is 504. The largest absolute Gasteiger partial charge is 0.493 e. The van der Waals surface area contributed by atoms with E-state index < -0.39 is 18.5 Å². The molecule has 0 heterocycles. The van der Waals surface area contributed by atoms with E-state index >= 15 is 0 Å². The SMILES string of the molecule is COc1cc(C=O)cc(OC)c1OCC(=O)NC(N)=O. The first-order chi connectivity index (χ1) is 9.51. The molecule has 1 aromatic rings. The van der Waals surface area contributed by atoms with Gasteiger partial charge in [0.05, 0.1) is 14.2 Å². The van der Waals surface area contributed by atoms with E-state index in [9.17, 15) is 14.4 Å². The van der Waals surface area contributed by atoms with Crippen LogP contribution in [0.2, 0.25) is 0 Å². The number of carbonyl (C=O) groups is 3. The predicted molar refractivity (Wildman–Crippen MR) is 68.2 cm³/mol. The summed E-state index contributed by atoms with van der Waals surface area (Å²) in [4.78, 5) is 32.5. The van der Waals surface area contributed by atoms with E-state index in [1.165, 1.54) is 26.4 Å². The van der Waals surface area contributed by atoms with Crippen LogP contribution in [-0.4, -0.2) is 39.1 Å². The summed E-state index contributed by atoms with van der Waals surface area (Å²) in [5.41, 5.74) is 5.12. The van der Waals surface area contributed by atoms with Gasteiger partial charge < -0.3 is 19.9 Å². The van der Waals surface area contributed by atoms with E-state index in [2.05, 4.69) is 0 Å². The maximum atomic E-state index is 11.3. The number of hydrogen-bond donors (Lipinski definition) is 2. The van der Waals surface area contributed by atoms with Gasteiger partial charge in [0.25, 0.3) is 5.91 Å². The number of methoxy groups -OCH3 is 2. The summed E-state index contributed by atoms with van der Waals surface area (Å²) in [6.45, 7) is -0.462. The number of nitrogens with one attached hydrogen (secondary N) is 1. The first kappa shape index (κ1) is 15.3. The molecule has 0 aromatic heterocycles. The summed E-state index contributed by atoms with van der Waals surface area (Å²) in [6, 6.07) is 1.88. The van der Waals surface area contributed by atoms with Gasteiger partial charge in [-0.15, -0.1) is 0 Å². The van der Waals surface area contributed by atoms with Crippen molar-refractivity contribution in [1.82, 2.24) is 5.32 Å². The average Bonchev–Trinajstić information content (AvgIpc) is 2.43. The molecule has 0 aliphatic heterocycles. The third-order valence-electron chi connectivity index (χ3n) is 2.23. The van der Waals surface area contributed by atoms with Gasteiger partial charge in [-0.05, 0) is 12.1 Å². The fraction of sp³-hybridized carbons (Fsp3) is 0.250. The lowest BCUT2D eigenvalue weighted by atomic mass is 10.2. The molecule has 20 heavy (non-hydrogen) atoms. The molecule has 0 saturated heterocycles. The van der Waals surface area contributed by atoms with Gasteiger partial charge in [-0.3, -0.25) is 14.9 Å². The lowest BCUT2D eigenvalue weighted by Gasteiger charge is -2.14. The molecule has 0 unspecified atom stereocenters. The number of rotatable bonds is 6. The van der Waals surface area contributed by atoms with Crippen LogP contribution in [0.5, 0.6) is 17.2 Å². The number of carbonyl (C=O) groups excluding carboxylic acids is 3. The van der Waals surface area contributed by atoms with E-state index in [0.29, 0.717) is 11.8 Å². The molecule has 0 fully saturated rings. The summed E-state index contributed by atoms with van der Waals surface area (Å²) in [5.74, 6) is -0.141. The van der Waals surface area contributed by atoms with Crippen LogP contribution in [-0.2, 0) is 4.79 Å². The normalized spacial score (nSPS) is 9.50. The summed E-state index contributed by atoms with van der Waals surface area (Å²) in [5, 5.41) is 1.85. The van der Waals surface area contributed by atoms with E-state index in [-0.39, 0.29) is 17.2 Å². The molecule has 0 atom stereocenters. The Morgan fingerprint density at radius 1 is 1.25 bits per heavy atom. The molecule has 0 aliphatic carbocycles. The summed E-state index contributed by atoms with van der Waals surface area (Å²) in [7, 11) is 2.75. The first-order valence-corrected chi connectivity index (χ1v) is 5.45. The van der Waals surface area contributed by atoms with Crippen molar-refractivity contribution in [2.24, 2.45) is 5.73 Å². The third-order valence-corrected chi connectivity index (χ3v) is 2.23. The maximum Gasteiger partial charge on any atom is 0.318 e. The number of benzene rings is 1. The van der Waals surface area contributed by atoms with E-state index in [1.54, 1.807) is 0 Å². The van der Waals surface area contributed by atoms with Crippen molar-refractivity contribution in [3.8, 4) is 17.2 Å². The van der Waals surface area contributed by atoms with Gasteiger partial charge in [-0.1, -0.05) is 0 Å². The van der Waals surface area contributed by atoms with Crippen LogP contribution in [0.4, 0.5) is 4.79 Å². The molecule has 0 radical (unpaired) electrons. The third kappa shape index (κ3) is 3.87. The second-order valence-corrected chi connectivity index (χ2v) is 3.57. The predicted octanol–water partition coefficient (Wildman–Crippen LogP) is 0.0900. The van der Waals surface area contributed by atoms with Crippen LogP contribution < -0.4 is 25.3 Å². The molecule has 1 aromatic carbocycles. The lowest BCUT2D eigenvalue weighted by Crippen LogP contribution is -2.38.